The number of hydrogen-bond donors (Lipinski definition) is 3. The number of aliphatic hydroxyl groups is 2. The molecule has 3 unspecified atom stereocenters. The maximum Gasteiger partial charge on any atom is 0.306 e. The summed E-state index contributed by atoms with van der Waals surface area (Å²) in [5.41, 5.74) is 0. The Labute approximate surface area is 408 Å². The van der Waals surface area contributed by atoms with Crippen molar-refractivity contribution in [3.05, 3.63) is 85.1 Å². The van der Waals surface area contributed by atoms with Gasteiger partial charge in [-0.15, -0.1) is 0 Å². The Hall–Kier alpha value is -2.96. The van der Waals surface area contributed by atoms with E-state index < -0.39 is 18.2 Å². The molecule has 0 bridgehead atoms. The Bertz CT molecular complexity index is 1260. The molecule has 0 aliphatic heterocycles. The molecule has 0 heterocycles. The van der Waals surface area contributed by atoms with Crippen LogP contribution in [0, 0.1) is 0 Å². The van der Waals surface area contributed by atoms with E-state index in [1.807, 2.05) is 0 Å². The number of allylic oxidation sites excluding steroid dienone is 14. The van der Waals surface area contributed by atoms with Crippen LogP contribution in [0.4, 0.5) is 0 Å². The van der Waals surface area contributed by atoms with E-state index in [-0.39, 0.29) is 24.9 Å². The second-order valence-corrected chi connectivity index (χ2v) is 18.6. The second kappa shape index (κ2) is 53.0. The molecule has 6 nitrogen and oxygen atoms in total. The number of rotatable bonds is 49. The van der Waals surface area contributed by atoms with Gasteiger partial charge in [0.1, 0.15) is 6.10 Å². The van der Waals surface area contributed by atoms with Gasteiger partial charge in [-0.25, -0.2) is 0 Å². The number of carbonyl (C=O) groups is 2. The van der Waals surface area contributed by atoms with Gasteiger partial charge in [0.25, 0.3) is 0 Å². The summed E-state index contributed by atoms with van der Waals surface area (Å²) >= 11 is 0. The van der Waals surface area contributed by atoms with Gasteiger partial charge in [0, 0.05) is 6.42 Å². The normalized spacial score (nSPS) is 13.8. The first-order chi connectivity index (χ1) is 32.5. The fourth-order valence-electron chi connectivity index (χ4n) is 8.02. The molecule has 0 aliphatic rings. The van der Waals surface area contributed by atoms with Crippen molar-refractivity contribution in [2.45, 2.75) is 277 Å². The highest BCUT2D eigenvalue weighted by atomic mass is 16.5. The van der Waals surface area contributed by atoms with Crippen molar-refractivity contribution < 1.29 is 24.5 Å². The van der Waals surface area contributed by atoms with E-state index in [1.165, 1.54) is 116 Å². The quantitative estimate of drug-likeness (QED) is 0.0321. The average Bonchev–Trinajstić information content (AvgIpc) is 3.31. The molecule has 0 saturated carbocycles. The maximum atomic E-state index is 13.2. The minimum Gasteiger partial charge on any atom is -0.462 e. The lowest BCUT2D eigenvalue weighted by Gasteiger charge is -2.24. The number of amides is 1. The van der Waals surface area contributed by atoms with E-state index in [9.17, 15) is 19.8 Å². The monoisotopic (exact) mass is 920 g/mol. The minimum absolute atomic E-state index is 0.0310. The summed E-state index contributed by atoms with van der Waals surface area (Å²) in [6, 6.07) is -0.726. The number of ether oxygens (including phenoxy) is 1. The van der Waals surface area contributed by atoms with Crippen LogP contribution < -0.4 is 5.32 Å². The Morgan fingerprint density at radius 2 is 0.833 bits per heavy atom. The highest BCUT2D eigenvalue weighted by Gasteiger charge is 2.24. The van der Waals surface area contributed by atoms with Gasteiger partial charge < -0.3 is 20.3 Å². The predicted octanol–water partition coefficient (Wildman–Crippen LogP) is 17.1. The number of esters is 1. The van der Waals surface area contributed by atoms with Gasteiger partial charge in [0.05, 0.1) is 25.2 Å². The zero-order valence-electron chi connectivity index (χ0n) is 43.3. The Morgan fingerprint density at radius 1 is 0.455 bits per heavy atom. The fraction of sp³-hybridized carbons (Fsp3) is 0.733. The van der Waals surface area contributed by atoms with E-state index >= 15 is 0 Å². The van der Waals surface area contributed by atoms with Crippen LogP contribution in [0.3, 0.4) is 0 Å². The molecule has 0 fully saturated rings. The number of hydrogen-bond acceptors (Lipinski definition) is 5. The summed E-state index contributed by atoms with van der Waals surface area (Å²) in [5, 5.41) is 23.8. The third-order valence-electron chi connectivity index (χ3n) is 12.2. The van der Waals surface area contributed by atoms with Crippen molar-refractivity contribution in [1.29, 1.82) is 0 Å². The fourth-order valence-corrected chi connectivity index (χ4v) is 8.02. The predicted molar refractivity (Wildman–Crippen MR) is 287 cm³/mol. The summed E-state index contributed by atoms with van der Waals surface area (Å²) in [6.45, 7) is 6.33. The number of carbonyl (C=O) groups excluding carboxylic acids is 2. The van der Waals surface area contributed by atoms with E-state index in [2.05, 4.69) is 111 Å². The van der Waals surface area contributed by atoms with Gasteiger partial charge in [0.2, 0.25) is 5.91 Å². The molecule has 0 aromatic rings. The zero-order chi connectivity index (χ0) is 48.1. The largest absolute Gasteiger partial charge is 0.462 e. The van der Waals surface area contributed by atoms with Crippen LogP contribution in [-0.2, 0) is 14.3 Å². The zero-order valence-corrected chi connectivity index (χ0v) is 43.3. The number of nitrogens with one attached hydrogen (secondary N) is 1. The van der Waals surface area contributed by atoms with Crippen molar-refractivity contribution in [2.75, 3.05) is 6.61 Å². The van der Waals surface area contributed by atoms with Crippen LogP contribution in [0.25, 0.3) is 0 Å². The van der Waals surface area contributed by atoms with E-state index in [0.717, 1.165) is 96.3 Å². The highest BCUT2D eigenvalue weighted by Crippen LogP contribution is 2.17. The average molecular weight is 921 g/mol. The first-order valence-electron chi connectivity index (χ1n) is 27.8. The van der Waals surface area contributed by atoms with Crippen LogP contribution in [0.5, 0.6) is 0 Å². The minimum atomic E-state index is -0.809. The summed E-state index contributed by atoms with van der Waals surface area (Å²) in [7, 11) is 0. The molecule has 0 rings (SSSR count). The van der Waals surface area contributed by atoms with Gasteiger partial charge in [-0.1, -0.05) is 234 Å². The second-order valence-electron chi connectivity index (χ2n) is 18.6. The van der Waals surface area contributed by atoms with Crippen molar-refractivity contribution >= 4 is 11.9 Å². The lowest BCUT2D eigenvalue weighted by atomic mass is 10.0. The lowest BCUT2D eigenvalue weighted by Crippen LogP contribution is -2.46. The van der Waals surface area contributed by atoms with Crippen molar-refractivity contribution in [2.24, 2.45) is 0 Å². The molecule has 0 radical (unpaired) electrons. The third-order valence-corrected chi connectivity index (χ3v) is 12.2. The molecule has 6 heteroatoms. The van der Waals surface area contributed by atoms with Crippen molar-refractivity contribution in [3.63, 3.8) is 0 Å². The molecule has 3 N–H and O–H groups in total. The van der Waals surface area contributed by atoms with Crippen molar-refractivity contribution in [1.82, 2.24) is 5.32 Å². The molecular weight excluding hydrogens is 815 g/mol. The molecule has 380 valence electrons. The van der Waals surface area contributed by atoms with Gasteiger partial charge in [0.15, 0.2) is 0 Å². The SMILES string of the molecule is CC/C=C/C/C=C/C/C=C/C/C=C/CCCC(CC(=O)NC(CO)C(O)CCCCCCCCCCCCCCCC)OC(=O)CCCCCCCC/C=C\C/C=C\C/C=C\CCCCC. The highest BCUT2D eigenvalue weighted by molar-refractivity contribution is 5.77. The molecular formula is C60H105NO5. The van der Waals surface area contributed by atoms with Crippen LogP contribution in [-0.4, -0.2) is 46.9 Å². The molecule has 0 aliphatic carbocycles. The summed E-state index contributed by atoms with van der Waals surface area (Å²) in [6.07, 6.45) is 69.3. The standard InChI is InChI=1S/C60H105NO5/c1-4-7-10-13-16-19-22-25-28-29-30-31-32-35-38-41-44-47-50-53-60(65)66-56(51-48-45-42-39-36-33-26-23-20-17-14-11-8-5-2)54-59(64)61-57(55-62)58(63)52-49-46-43-40-37-34-27-24-21-18-15-12-9-6-3/h8,11,16-17,19-20,25-26,28,30-31,33,39,42,56-58,62-63H,4-7,9-10,12-15,18,21-24,27,29,32,34-38,40-41,43-55H2,1-3H3,(H,61,64)/b11-8+,19-16-,20-17+,28-25-,31-30-,33-26+,42-39+. The first kappa shape index (κ1) is 63.0. The summed E-state index contributed by atoms with van der Waals surface area (Å²) < 4.78 is 5.92. The molecule has 3 atom stereocenters. The molecule has 0 aromatic carbocycles. The smallest absolute Gasteiger partial charge is 0.306 e. The molecule has 66 heavy (non-hydrogen) atoms. The summed E-state index contributed by atoms with van der Waals surface area (Å²) in [4.78, 5) is 26.2. The number of unbranched alkanes of at least 4 members (excludes halogenated alkanes) is 23. The van der Waals surface area contributed by atoms with E-state index in [0.29, 0.717) is 19.3 Å². The van der Waals surface area contributed by atoms with Gasteiger partial charge in [-0.05, 0) is 96.3 Å². The lowest BCUT2D eigenvalue weighted by molar-refractivity contribution is -0.151. The van der Waals surface area contributed by atoms with Crippen molar-refractivity contribution in [3.8, 4) is 0 Å². The third kappa shape index (κ3) is 47.5. The molecule has 0 aromatic heterocycles. The topological polar surface area (TPSA) is 95.9 Å². The molecule has 1 amide bonds. The number of aliphatic hydroxyl groups excluding tert-OH is 2. The van der Waals surface area contributed by atoms with Gasteiger partial charge in [-0.2, -0.15) is 0 Å². The summed E-state index contributed by atoms with van der Waals surface area (Å²) in [5.74, 6) is -0.544. The Balaban J connectivity index is 4.65. The van der Waals surface area contributed by atoms with Crippen LogP contribution in [0.15, 0.2) is 85.1 Å². The van der Waals surface area contributed by atoms with Crippen LogP contribution >= 0.6 is 0 Å². The van der Waals surface area contributed by atoms with Crippen LogP contribution in [0.1, 0.15) is 258 Å². The first-order valence-corrected chi connectivity index (χ1v) is 27.8. The van der Waals surface area contributed by atoms with E-state index in [4.69, 9.17) is 4.74 Å². The Kier molecular flexibility index (Phi) is 50.6. The Morgan fingerprint density at radius 3 is 1.30 bits per heavy atom. The van der Waals surface area contributed by atoms with Gasteiger partial charge >= 0.3 is 5.97 Å². The van der Waals surface area contributed by atoms with E-state index in [1.54, 1.807) is 0 Å². The molecule has 0 saturated heterocycles. The van der Waals surface area contributed by atoms with Gasteiger partial charge in [-0.3, -0.25) is 9.59 Å². The maximum absolute atomic E-state index is 13.2. The molecule has 0 spiro atoms. The van der Waals surface area contributed by atoms with Crippen LogP contribution in [0.2, 0.25) is 0 Å².